The molecule has 0 aliphatic carbocycles. The van der Waals surface area contributed by atoms with Gasteiger partial charge in [-0.3, -0.25) is 4.79 Å². The minimum absolute atomic E-state index is 0.103. The van der Waals surface area contributed by atoms with Gasteiger partial charge in [-0.15, -0.1) is 0 Å². The van der Waals surface area contributed by atoms with Crippen LogP contribution < -0.4 is 5.32 Å². The first-order valence-electron chi connectivity index (χ1n) is 6.98. The number of benzene rings is 1. The van der Waals surface area contributed by atoms with Gasteiger partial charge in [0.2, 0.25) is 5.76 Å². The second kappa shape index (κ2) is 6.92. The van der Waals surface area contributed by atoms with Crippen LogP contribution in [0.4, 0.5) is 0 Å². The van der Waals surface area contributed by atoms with Gasteiger partial charge in [0.1, 0.15) is 5.58 Å². The number of carbonyl (C=O) groups excluding carboxylic acids is 2. The van der Waals surface area contributed by atoms with Crippen LogP contribution >= 0.6 is 0 Å². The minimum atomic E-state index is -0.634. The molecule has 1 amide bonds. The number of rotatable bonds is 6. The average molecular weight is 289 g/mol. The largest absolute Gasteiger partial charge is 0.450 e. The third-order valence-electron chi connectivity index (χ3n) is 3.00. The molecule has 0 bridgehead atoms. The van der Waals surface area contributed by atoms with E-state index in [1.807, 2.05) is 18.2 Å². The van der Waals surface area contributed by atoms with Crippen molar-refractivity contribution in [3.8, 4) is 0 Å². The molecule has 5 heteroatoms. The lowest BCUT2D eigenvalue weighted by Crippen LogP contribution is -2.30. The van der Waals surface area contributed by atoms with Crippen molar-refractivity contribution in [3.05, 3.63) is 36.1 Å². The molecule has 0 fully saturated rings. The molecule has 21 heavy (non-hydrogen) atoms. The molecule has 1 heterocycles. The Morgan fingerprint density at radius 2 is 2.05 bits per heavy atom. The van der Waals surface area contributed by atoms with E-state index in [2.05, 4.69) is 19.2 Å². The Balaban J connectivity index is 1.82. The van der Waals surface area contributed by atoms with E-state index in [1.165, 1.54) is 0 Å². The predicted octanol–water partition coefficient (Wildman–Crippen LogP) is 2.75. The van der Waals surface area contributed by atoms with Crippen molar-refractivity contribution in [1.29, 1.82) is 0 Å². The lowest BCUT2D eigenvalue weighted by atomic mass is 10.1. The minimum Gasteiger partial charge on any atom is -0.450 e. The van der Waals surface area contributed by atoms with Crippen LogP contribution in [0.2, 0.25) is 0 Å². The fraction of sp³-hybridized carbons (Fsp3) is 0.375. The van der Waals surface area contributed by atoms with Gasteiger partial charge < -0.3 is 14.5 Å². The zero-order chi connectivity index (χ0) is 15.2. The molecular formula is C16H19NO4. The summed E-state index contributed by atoms with van der Waals surface area (Å²) in [6.45, 7) is 4.44. The number of amides is 1. The molecule has 1 aromatic carbocycles. The SMILES string of the molecule is CC(C)CCNC(=O)COC(=O)c1cc2ccccc2o1. The lowest BCUT2D eigenvalue weighted by Gasteiger charge is -2.07. The fourth-order valence-electron chi connectivity index (χ4n) is 1.84. The topological polar surface area (TPSA) is 68.5 Å². The number of furan rings is 1. The molecule has 0 atom stereocenters. The standard InChI is InChI=1S/C16H19NO4/c1-11(2)7-8-17-15(18)10-20-16(19)14-9-12-5-3-4-6-13(12)21-14/h3-6,9,11H,7-8,10H2,1-2H3,(H,17,18). The summed E-state index contributed by atoms with van der Waals surface area (Å²) < 4.78 is 10.3. The second-order valence-corrected chi connectivity index (χ2v) is 5.26. The van der Waals surface area contributed by atoms with E-state index in [0.29, 0.717) is 18.0 Å². The summed E-state index contributed by atoms with van der Waals surface area (Å²) in [5.74, 6) is -0.320. The van der Waals surface area contributed by atoms with E-state index in [-0.39, 0.29) is 18.3 Å². The molecule has 0 radical (unpaired) electrons. The molecule has 0 spiro atoms. The molecule has 1 N–H and O–H groups in total. The van der Waals surface area contributed by atoms with Gasteiger partial charge in [0, 0.05) is 11.9 Å². The predicted molar refractivity (Wildman–Crippen MR) is 79.0 cm³/mol. The van der Waals surface area contributed by atoms with Crippen molar-refractivity contribution in [1.82, 2.24) is 5.32 Å². The van der Waals surface area contributed by atoms with Crippen LogP contribution in [0.5, 0.6) is 0 Å². The first kappa shape index (κ1) is 15.1. The summed E-state index contributed by atoms with van der Waals surface area (Å²) in [6.07, 6.45) is 0.892. The average Bonchev–Trinajstić information content (AvgIpc) is 2.88. The van der Waals surface area contributed by atoms with Gasteiger partial charge in [-0.1, -0.05) is 32.0 Å². The summed E-state index contributed by atoms with van der Waals surface area (Å²) in [4.78, 5) is 23.3. The first-order chi connectivity index (χ1) is 10.1. The Morgan fingerprint density at radius 3 is 2.76 bits per heavy atom. The van der Waals surface area contributed by atoms with Gasteiger partial charge in [0.15, 0.2) is 6.61 Å². The molecule has 0 aliphatic rings. The van der Waals surface area contributed by atoms with E-state index in [9.17, 15) is 9.59 Å². The molecule has 0 unspecified atom stereocenters. The van der Waals surface area contributed by atoms with E-state index < -0.39 is 5.97 Å². The van der Waals surface area contributed by atoms with E-state index in [0.717, 1.165) is 11.8 Å². The van der Waals surface area contributed by atoms with Crippen molar-refractivity contribution in [2.45, 2.75) is 20.3 Å². The Kier molecular flexibility index (Phi) is 4.98. The Morgan fingerprint density at radius 1 is 1.29 bits per heavy atom. The summed E-state index contributed by atoms with van der Waals surface area (Å²) in [5.41, 5.74) is 0.617. The maximum atomic E-state index is 11.8. The Labute approximate surface area is 123 Å². The van der Waals surface area contributed by atoms with Crippen molar-refractivity contribution < 1.29 is 18.7 Å². The van der Waals surface area contributed by atoms with Crippen LogP contribution in [0.1, 0.15) is 30.8 Å². The number of para-hydroxylation sites is 1. The normalized spacial score (nSPS) is 10.8. The lowest BCUT2D eigenvalue weighted by molar-refractivity contribution is -0.124. The van der Waals surface area contributed by atoms with Crippen LogP contribution in [0, 0.1) is 5.92 Å². The third kappa shape index (κ3) is 4.34. The van der Waals surface area contributed by atoms with E-state index in [1.54, 1.807) is 12.1 Å². The first-order valence-corrected chi connectivity index (χ1v) is 6.98. The van der Waals surface area contributed by atoms with Crippen molar-refractivity contribution in [2.75, 3.05) is 13.2 Å². The summed E-state index contributed by atoms with van der Waals surface area (Å²) >= 11 is 0. The van der Waals surface area contributed by atoms with Gasteiger partial charge in [-0.05, 0) is 24.5 Å². The van der Waals surface area contributed by atoms with E-state index in [4.69, 9.17) is 9.15 Å². The second-order valence-electron chi connectivity index (χ2n) is 5.26. The van der Waals surface area contributed by atoms with Crippen LogP contribution in [-0.4, -0.2) is 25.0 Å². The molecule has 2 rings (SSSR count). The van der Waals surface area contributed by atoms with Gasteiger partial charge >= 0.3 is 5.97 Å². The molecule has 0 saturated carbocycles. The molecule has 5 nitrogen and oxygen atoms in total. The highest BCUT2D eigenvalue weighted by molar-refractivity contribution is 5.93. The number of fused-ring (bicyclic) bond motifs is 1. The highest BCUT2D eigenvalue weighted by Crippen LogP contribution is 2.19. The van der Waals surface area contributed by atoms with Crippen molar-refractivity contribution in [3.63, 3.8) is 0 Å². The maximum absolute atomic E-state index is 11.8. The molecule has 0 aliphatic heterocycles. The Bertz CT molecular complexity index is 597. The number of hydrogen-bond acceptors (Lipinski definition) is 4. The molecule has 112 valence electrons. The van der Waals surface area contributed by atoms with Crippen molar-refractivity contribution in [2.24, 2.45) is 5.92 Å². The van der Waals surface area contributed by atoms with Gasteiger partial charge in [-0.25, -0.2) is 4.79 Å². The molecule has 2 aromatic rings. The van der Waals surface area contributed by atoms with Crippen LogP contribution in [0.25, 0.3) is 11.0 Å². The summed E-state index contributed by atoms with van der Waals surface area (Å²) in [6, 6.07) is 8.89. The molecular weight excluding hydrogens is 270 g/mol. The van der Waals surface area contributed by atoms with Crippen LogP contribution in [-0.2, 0) is 9.53 Å². The number of ether oxygens (including phenoxy) is 1. The van der Waals surface area contributed by atoms with Gasteiger partial charge in [0.25, 0.3) is 5.91 Å². The van der Waals surface area contributed by atoms with Crippen LogP contribution in [0.15, 0.2) is 34.7 Å². The molecule has 0 saturated heterocycles. The Hall–Kier alpha value is -2.30. The number of esters is 1. The quantitative estimate of drug-likeness (QED) is 0.830. The number of carbonyl (C=O) groups is 2. The highest BCUT2D eigenvalue weighted by atomic mass is 16.5. The summed E-state index contributed by atoms with van der Waals surface area (Å²) in [5, 5.41) is 3.53. The fourth-order valence-corrected chi connectivity index (χ4v) is 1.84. The number of hydrogen-bond donors (Lipinski definition) is 1. The smallest absolute Gasteiger partial charge is 0.374 e. The highest BCUT2D eigenvalue weighted by Gasteiger charge is 2.15. The third-order valence-corrected chi connectivity index (χ3v) is 3.00. The van der Waals surface area contributed by atoms with E-state index >= 15 is 0 Å². The zero-order valence-electron chi connectivity index (χ0n) is 12.2. The molecule has 1 aromatic heterocycles. The van der Waals surface area contributed by atoms with Crippen LogP contribution in [0.3, 0.4) is 0 Å². The summed E-state index contributed by atoms with van der Waals surface area (Å²) in [7, 11) is 0. The zero-order valence-corrected chi connectivity index (χ0v) is 12.2. The monoisotopic (exact) mass is 289 g/mol. The number of nitrogens with one attached hydrogen (secondary N) is 1. The van der Waals surface area contributed by atoms with Gasteiger partial charge in [0.05, 0.1) is 0 Å². The van der Waals surface area contributed by atoms with Gasteiger partial charge in [-0.2, -0.15) is 0 Å². The van der Waals surface area contributed by atoms with Crippen molar-refractivity contribution >= 4 is 22.8 Å². The maximum Gasteiger partial charge on any atom is 0.374 e.